The fraction of sp³-hybridized carbons (Fsp3) is 0.286. The van der Waals surface area contributed by atoms with Crippen LogP contribution in [0.5, 0.6) is 0 Å². The number of hydrogen-bond donors (Lipinski definition) is 2. The monoisotopic (exact) mass is 315 g/mol. The van der Waals surface area contributed by atoms with Gasteiger partial charge in [0, 0.05) is 12.7 Å². The predicted molar refractivity (Wildman–Crippen MR) is 78.9 cm³/mol. The third kappa shape index (κ3) is 2.50. The number of carbonyl (C=O) groups excluding carboxylic acids is 1. The number of fused-ring (bicyclic) bond motifs is 1. The maximum Gasteiger partial charge on any atom is 0.254 e. The van der Waals surface area contributed by atoms with E-state index in [2.05, 4.69) is 20.4 Å². The Morgan fingerprint density at radius 1 is 1.48 bits per heavy atom. The molecule has 1 atom stereocenters. The SMILES string of the molecule is O=C(Nc1cc(=O)[nH]c2nc(-c3ccco3)nn12)C1CCCO1. The fourth-order valence-corrected chi connectivity index (χ4v) is 2.48. The first-order valence-corrected chi connectivity index (χ1v) is 7.17. The van der Waals surface area contributed by atoms with Crippen molar-refractivity contribution in [2.45, 2.75) is 18.9 Å². The number of furan rings is 1. The number of H-pyrrole nitrogens is 1. The second kappa shape index (κ2) is 5.36. The number of hydrogen-bond acceptors (Lipinski definition) is 6. The Morgan fingerprint density at radius 2 is 2.39 bits per heavy atom. The zero-order valence-corrected chi connectivity index (χ0v) is 12.0. The Kier molecular flexibility index (Phi) is 3.19. The highest BCUT2D eigenvalue weighted by atomic mass is 16.5. The third-order valence-electron chi connectivity index (χ3n) is 3.55. The van der Waals surface area contributed by atoms with E-state index < -0.39 is 11.7 Å². The van der Waals surface area contributed by atoms with Crippen LogP contribution in [0.25, 0.3) is 17.4 Å². The van der Waals surface area contributed by atoms with Gasteiger partial charge < -0.3 is 14.5 Å². The maximum atomic E-state index is 12.2. The summed E-state index contributed by atoms with van der Waals surface area (Å²) in [4.78, 5) is 30.7. The Labute approximate surface area is 129 Å². The van der Waals surface area contributed by atoms with Crippen LogP contribution in [0.15, 0.2) is 33.7 Å². The highest BCUT2D eigenvalue weighted by Gasteiger charge is 2.24. The van der Waals surface area contributed by atoms with Gasteiger partial charge >= 0.3 is 0 Å². The van der Waals surface area contributed by atoms with E-state index in [-0.39, 0.29) is 17.5 Å². The molecule has 4 heterocycles. The van der Waals surface area contributed by atoms with Gasteiger partial charge in [0.1, 0.15) is 11.9 Å². The molecule has 23 heavy (non-hydrogen) atoms. The molecular weight excluding hydrogens is 302 g/mol. The van der Waals surface area contributed by atoms with Gasteiger partial charge in [-0.15, -0.1) is 5.10 Å². The molecule has 3 aromatic heterocycles. The summed E-state index contributed by atoms with van der Waals surface area (Å²) in [5.41, 5.74) is -0.390. The second-order valence-electron chi connectivity index (χ2n) is 5.16. The number of nitrogens with one attached hydrogen (secondary N) is 2. The van der Waals surface area contributed by atoms with E-state index in [1.165, 1.54) is 16.8 Å². The van der Waals surface area contributed by atoms with Gasteiger partial charge in [0.25, 0.3) is 11.5 Å². The van der Waals surface area contributed by atoms with Crippen LogP contribution in [0, 0.1) is 0 Å². The molecule has 0 bridgehead atoms. The van der Waals surface area contributed by atoms with Gasteiger partial charge in [-0.25, -0.2) is 0 Å². The molecule has 0 spiro atoms. The summed E-state index contributed by atoms with van der Waals surface area (Å²) in [5, 5.41) is 6.93. The average Bonchev–Trinajstić information content (AvgIpc) is 3.27. The molecule has 4 rings (SSSR count). The molecule has 0 aliphatic carbocycles. The number of ether oxygens (including phenoxy) is 1. The quantitative estimate of drug-likeness (QED) is 0.738. The Balaban J connectivity index is 1.73. The minimum Gasteiger partial charge on any atom is -0.461 e. The molecule has 9 nitrogen and oxygen atoms in total. The van der Waals surface area contributed by atoms with Crippen molar-refractivity contribution in [3.05, 3.63) is 34.8 Å². The number of rotatable bonds is 3. The van der Waals surface area contributed by atoms with Crippen LogP contribution in [-0.2, 0) is 9.53 Å². The number of anilines is 1. The van der Waals surface area contributed by atoms with E-state index in [1.54, 1.807) is 12.1 Å². The van der Waals surface area contributed by atoms with Crippen molar-refractivity contribution in [2.24, 2.45) is 0 Å². The molecule has 1 aliphatic heterocycles. The van der Waals surface area contributed by atoms with E-state index in [1.807, 2.05) is 0 Å². The van der Waals surface area contributed by atoms with Gasteiger partial charge in [0.15, 0.2) is 5.76 Å². The summed E-state index contributed by atoms with van der Waals surface area (Å²) in [5.74, 6) is 0.918. The molecule has 1 saturated heterocycles. The summed E-state index contributed by atoms with van der Waals surface area (Å²) in [6.07, 6.45) is 2.50. The minimum atomic E-state index is -0.502. The molecule has 0 aromatic carbocycles. The van der Waals surface area contributed by atoms with Crippen molar-refractivity contribution < 1.29 is 13.9 Å². The predicted octanol–water partition coefficient (Wildman–Crippen LogP) is 0.795. The van der Waals surface area contributed by atoms with Crippen molar-refractivity contribution in [3.63, 3.8) is 0 Å². The van der Waals surface area contributed by atoms with E-state index in [4.69, 9.17) is 9.15 Å². The molecule has 1 unspecified atom stereocenters. The molecule has 9 heteroatoms. The maximum absolute atomic E-state index is 12.2. The molecule has 2 N–H and O–H groups in total. The Hall–Kier alpha value is -2.94. The van der Waals surface area contributed by atoms with Crippen molar-refractivity contribution >= 4 is 17.5 Å². The molecule has 0 radical (unpaired) electrons. The van der Waals surface area contributed by atoms with Gasteiger partial charge in [-0.3, -0.25) is 14.6 Å². The Bertz CT molecular complexity index is 905. The number of amides is 1. The van der Waals surface area contributed by atoms with Gasteiger partial charge in [0.2, 0.25) is 11.6 Å². The standard InChI is InChI=1S/C14H13N5O4/c20-11-7-10(15-13(21)9-4-2-6-23-9)19-14(16-11)17-12(18-19)8-3-1-5-22-8/h1,3,5,7,9H,2,4,6H2,(H,15,21)(H,16,17,18,20). The van der Waals surface area contributed by atoms with Crippen molar-refractivity contribution in [1.29, 1.82) is 0 Å². The summed E-state index contributed by atoms with van der Waals surface area (Å²) < 4.78 is 11.9. The van der Waals surface area contributed by atoms with Gasteiger partial charge in [-0.1, -0.05) is 0 Å². The van der Waals surface area contributed by atoms with Gasteiger partial charge in [-0.2, -0.15) is 9.50 Å². The molecule has 1 fully saturated rings. The van der Waals surface area contributed by atoms with Crippen LogP contribution in [-0.4, -0.2) is 38.2 Å². The number of carbonyl (C=O) groups is 1. The van der Waals surface area contributed by atoms with Crippen LogP contribution >= 0.6 is 0 Å². The first-order chi connectivity index (χ1) is 11.2. The molecule has 1 amide bonds. The number of aromatic amines is 1. The lowest BCUT2D eigenvalue weighted by Crippen LogP contribution is -2.28. The zero-order chi connectivity index (χ0) is 15.8. The first-order valence-electron chi connectivity index (χ1n) is 7.17. The first kappa shape index (κ1) is 13.7. The van der Waals surface area contributed by atoms with Crippen LogP contribution < -0.4 is 10.9 Å². The summed E-state index contributed by atoms with van der Waals surface area (Å²) >= 11 is 0. The zero-order valence-electron chi connectivity index (χ0n) is 12.0. The lowest BCUT2D eigenvalue weighted by molar-refractivity contribution is -0.124. The van der Waals surface area contributed by atoms with Crippen LogP contribution in [0.2, 0.25) is 0 Å². The van der Waals surface area contributed by atoms with E-state index in [0.717, 1.165) is 6.42 Å². The topological polar surface area (TPSA) is 115 Å². The summed E-state index contributed by atoms with van der Waals surface area (Å²) in [6.45, 7) is 0.564. The summed E-state index contributed by atoms with van der Waals surface area (Å²) in [6, 6.07) is 4.67. The number of aromatic nitrogens is 4. The minimum absolute atomic E-state index is 0.214. The Morgan fingerprint density at radius 3 is 3.13 bits per heavy atom. The van der Waals surface area contributed by atoms with Gasteiger partial charge in [-0.05, 0) is 25.0 Å². The molecular formula is C14H13N5O4. The van der Waals surface area contributed by atoms with Gasteiger partial charge in [0.05, 0.1) is 6.26 Å². The lowest BCUT2D eigenvalue weighted by Gasteiger charge is -2.10. The summed E-state index contributed by atoms with van der Waals surface area (Å²) in [7, 11) is 0. The largest absolute Gasteiger partial charge is 0.461 e. The van der Waals surface area contributed by atoms with E-state index in [0.29, 0.717) is 24.6 Å². The molecule has 118 valence electrons. The second-order valence-corrected chi connectivity index (χ2v) is 5.16. The fourth-order valence-electron chi connectivity index (χ4n) is 2.48. The van der Waals surface area contributed by atoms with Crippen LogP contribution in [0.4, 0.5) is 5.82 Å². The molecule has 3 aromatic rings. The van der Waals surface area contributed by atoms with Crippen LogP contribution in [0.1, 0.15) is 12.8 Å². The molecule has 0 saturated carbocycles. The highest BCUT2D eigenvalue weighted by molar-refractivity contribution is 5.93. The van der Waals surface area contributed by atoms with Crippen molar-refractivity contribution in [1.82, 2.24) is 19.6 Å². The molecule has 1 aliphatic rings. The van der Waals surface area contributed by atoms with Crippen LogP contribution in [0.3, 0.4) is 0 Å². The third-order valence-corrected chi connectivity index (χ3v) is 3.55. The smallest absolute Gasteiger partial charge is 0.254 e. The van der Waals surface area contributed by atoms with Crippen molar-refractivity contribution in [2.75, 3.05) is 11.9 Å². The normalized spacial score (nSPS) is 17.7. The van der Waals surface area contributed by atoms with E-state index in [9.17, 15) is 9.59 Å². The average molecular weight is 315 g/mol. The lowest BCUT2D eigenvalue weighted by atomic mass is 10.2. The number of nitrogens with zero attached hydrogens (tertiary/aromatic N) is 3. The van der Waals surface area contributed by atoms with E-state index >= 15 is 0 Å². The highest BCUT2D eigenvalue weighted by Crippen LogP contribution is 2.18. The van der Waals surface area contributed by atoms with Crippen molar-refractivity contribution in [3.8, 4) is 11.6 Å².